The number of ether oxygens (including phenoxy) is 2. The molecular formula is C15H24N2O2. The first-order chi connectivity index (χ1) is 9.11. The van der Waals surface area contributed by atoms with Crippen molar-refractivity contribution in [2.45, 2.75) is 26.7 Å². The molecule has 0 aliphatic carbocycles. The Balaban J connectivity index is 1.74. The summed E-state index contributed by atoms with van der Waals surface area (Å²) in [4.78, 5) is 0. The van der Waals surface area contributed by atoms with Crippen LogP contribution in [0.1, 0.15) is 25.8 Å². The monoisotopic (exact) mass is 264 g/mol. The van der Waals surface area contributed by atoms with E-state index in [9.17, 15) is 0 Å². The van der Waals surface area contributed by atoms with Gasteiger partial charge < -0.3 is 20.5 Å². The third kappa shape index (κ3) is 4.11. The molecule has 1 aliphatic heterocycles. The summed E-state index contributed by atoms with van der Waals surface area (Å²) < 4.78 is 10.7. The van der Waals surface area contributed by atoms with Crippen LogP contribution in [0.15, 0.2) is 18.2 Å². The second-order valence-electron chi connectivity index (χ2n) is 5.82. The number of fused-ring (bicyclic) bond motifs is 1. The normalized spacial score (nSPS) is 13.8. The Morgan fingerprint density at radius 3 is 2.84 bits per heavy atom. The van der Waals surface area contributed by atoms with E-state index in [4.69, 9.17) is 15.2 Å². The van der Waals surface area contributed by atoms with Gasteiger partial charge in [-0.1, -0.05) is 19.9 Å². The first kappa shape index (κ1) is 14.2. The summed E-state index contributed by atoms with van der Waals surface area (Å²) in [6.45, 7) is 7.53. The molecule has 1 aromatic rings. The molecule has 3 N–H and O–H groups in total. The molecular weight excluding hydrogens is 240 g/mol. The summed E-state index contributed by atoms with van der Waals surface area (Å²) in [7, 11) is 0. The maximum Gasteiger partial charge on any atom is 0.231 e. The number of rotatable bonds is 7. The van der Waals surface area contributed by atoms with E-state index in [1.54, 1.807) is 0 Å². The van der Waals surface area contributed by atoms with Gasteiger partial charge in [0.05, 0.1) is 0 Å². The molecule has 1 aliphatic rings. The number of hydrogen-bond acceptors (Lipinski definition) is 4. The van der Waals surface area contributed by atoms with Gasteiger partial charge in [0.15, 0.2) is 11.5 Å². The quantitative estimate of drug-likeness (QED) is 0.739. The lowest BCUT2D eigenvalue weighted by Crippen LogP contribution is -2.32. The lowest BCUT2D eigenvalue weighted by molar-refractivity contribution is 0.174. The molecule has 0 spiro atoms. The molecule has 2 rings (SSSR count). The van der Waals surface area contributed by atoms with E-state index in [0.717, 1.165) is 44.0 Å². The summed E-state index contributed by atoms with van der Waals surface area (Å²) in [6, 6.07) is 6.14. The summed E-state index contributed by atoms with van der Waals surface area (Å²) in [5, 5.41) is 3.50. The van der Waals surface area contributed by atoms with Crippen molar-refractivity contribution in [3.8, 4) is 11.5 Å². The van der Waals surface area contributed by atoms with Crippen LogP contribution in [0.3, 0.4) is 0 Å². The lowest BCUT2D eigenvalue weighted by Gasteiger charge is -2.24. The zero-order valence-electron chi connectivity index (χ0n) is 11.9. The molecule has 4 heteroatoms. The molecule has 0 bridgehead atoms. The largest absolute Gasteiger partial charge is 0.454 e. The van der Waals surface area contributed by atoms with Gasteiger partial charge >= 0.3 is 0 Å². The van der Waals surface area contributed by atoms with Crippen molar-refractivity contribution in [2.75, 3.05) is 26.4 Å². The van der Waals surface area contributed by atoms with E-state index in [1.165, 1.54) is 5.56 Å². The van der Waals surface area contributed by atoms with Crippen LogP contribution in [0.5, 0.6) is 11.5 Å². The van der Waals surface area contributed by atoms with Crippen molar-refractivity contribution >= 4 is 0 Å². The summed E-state index contributed by atoms with van der Waals surface area (Å²) in [5.41, 5.74) is 7.15. The fourth-order valence-corrected chi connectivity index (χ4v) is 2.24. The highest BCUT2D eigenvalue weighted by molar-refractivity contribution is 5.44. The molecule has 0 fully saturated rings. The Kier molecular flexibility index (Phi) is 4.66. The molecule has 106 valence electrons. The first-order valence-electron chi connectivity index (χ1n) is 6.90. The molecule has 4 nitrogen and oxygen atoms in total. The number of nitrogens with one attached hydrogen (secondary N) is 1. The topological polar surface area (TPSA) is 56.5 Å². The van der Waals surface area contributed by atoms with Gasteiger partial charge in [0.25, 0.3) is 0 Å². The van der Waals surface area contributed by atoms with E-state index in [1.807, 2.05) is 6.07 Å². The van der Waals surface area contributed by atoms with Crippen LogP contribution in [0.4, 0.5) is 0 Å². The van der Waals surface area contributed by atoms with Gasteiger partial charge in [0.1, 0.15) is 0 Å². The zero-order chi connectivity index (χ0) is 13.7. The van der Waals surface area contributed by atoms with Gasteiger partial charge in [-0.2, -0.15) is 0 Å². The number of hydrogen-bond donors (Lipinski definition) is 2. The minimum atomic E-state index is 0.267. The average molecular weight is 264 g/mol. The predicted molar refractivity (Wildman–Crippen MR) is 76.6 cm³/mol. The van der Waals surface area contributed by atoms with Gasteiger partial charge in [0, 0.05) is 6.54 Å². The van der Waals surface area contributed by atoms with Crippen molar-refractivity contribution in [1.82, 2.24) is 5.32 Å². The van der Waals surface area contributed by atoms with Crippen LogP contribution in [0.25, 0.3) is 0 Å². The van der Waals surface area contributed by atoms with Crippen LogP contribution in [0.2, 0.25) is 0 Å². The molecule has 1 aromatic carbocycles. The standard InChI is InChI=1S/C15H24N2O2/c1-15(2,6-7-16)10-17-8-5-12-3-4-13-14(9-12)19-11-18-13/h3-4,9,17H,5-8,10-11,16H2,1-2H3. The minimum absolute atomic E-state index is 0.267. The summed E-state index contributed by atoms with van der Waals surface area (Å²) in [5.74, 6) is 1.71. The van der Waals surface area contributed by atoms with Crippen molar-refractivity contribution in [1.29, 1.82) is 0 Å². The Morgan fingerprint density at radius 2 is 2.05 bits per heavy atom. The molecule has 0 saturated heterocycles. The van der Waals surface area contributed by atoms with Crippen molar-refractivity contribution in [3.05, 3.63) is 23.8 Å². The van der Waals surface area contributed by atoms with Crippen LogP contribution in [0, 0.1) is 5.41 Å². The third-order valence-corrected chi connectivity index (χ3v) is 3.45. The van der Waals surface area contributed by atoms with Crippen molar-refractivity contribution in [2.24, 2.45) is 11.1 Å². The molecule has 0 radical (unpaired) electrons. The number of benzene rings is 1. The van der Waals surface area contributed by atoms with Crippen molar-refractivity contribution in [3.63, 3.8) is 0 Å². The molecule has 0 saturated carbocycles. The molecule has 1 heterocycles. The van der Waals surface area contributed by atoms with Gasteiger partial charge in [-0.3, -0.25) is 0 Å². The lowest BCUT2D eigenvalue weighted by atomic mass is 9.89. The van der Waals surface area contributed by atoms with E-state index < -0.39 is 0 Å². The van der Waals surface area contributed by atoms with Gasteiger partial charge in [-0.25, -0.2) is 0 Å². The maximum atomic E-state index is 5.61. The summed E-state index contributed by atoms with van der Waals surface area (Å²) in [6.07, 6.45) is 2.04. The molecule has 19 heavy (non-hydrogen) atoms. The van der Waals surface area contributed by atoms with E-state index in [0.29, 0.717) is 6.79 Å². The van der Waals surface area contributed by atoms with Crippen LogP contribution < -0.4 is 20.5 Å². The van der Waals surface area contributed by atoms with Crippen LogP contribution in [-0.2, 0) is 6.42 Å². The minimum Gasteiger partial charge on any atom is -0.454 e. The molecule has 0 aromatic heterocycles. The van der Waals surface area contributed by atoms with Crippen LogP contribution in [-0.4, -0.2) is 26.4 Å². The Bertz CT molecular complexity index is 419. The highest BCUT2D eigenvalue weighted by atomic mass is 16.7. The fraction of sp³-hybridized carbons (Fsp3) is 0.600. The van der Waals surface area contributed by atoms with Crippen LogP contribution >= 0.6 is 0 Å². The molecule has 0 amide bonds. The second-order valence-corrected chi connectivity index (χ2v) is 5.82. The Hall–Kier alpha value is -1.26. The number of nitrogens with two attached hydrogens (primary N) is 1. The predicted octanol–water partition coefficient (Wildman–Crippen LogP) is 1.92. The first-order valence-corrected chi connectivity index (χ1v) is 6.90. The average Bonchev–Trinajstić information content (AvgIpc) is 2.82. The SMILES string of the molecule is CC(C)(CCN)CNCCc1ccc2c(c1)OCO2. The third-order valence-electron chi connectivity index (χ3n) is 3.45. The Morgan fingerprint density at radius 1 is 1.26 bits per heavy atom. The molecule has 0 unspecified atom stereocenters. The van der Waals surface area contributed by atoms with Gasteiger partial charge in [0.2, 0.25) is 6.79 Å². The maximum absolute atomic E-state index is 5.61. The van der Waals surface area contributed by atoms with E-state index in [2.05, 4.69) is 31.3 Å². The van der Waals surface area contributed by atoms with Gasteiger partial charge in [-0.15, -0.1) is 0 Å². The smallest absolute Gasteiger partial charge is 0.231 e. The van der Waals surface area contributed by atoms with Crippen molar-refractivity contribution < 1.29 is 9.47 Å². The second kappa shape index (κ2) is 6.26. The fourth-order valence-electron chi connectivity index (χ4n) is 2.24. The molecule has 0 atom stereocenters. The van der Waals surface area contributed by atoms with E-state index in [-0.39, 0.29) is 5.41 Å². The Labute approximate surface area is 115 Å². The summed E-state index contributed by atoms with van der Waals surface area (Å²) >= 11 is 0. The van der Waals surface area contributed by atoms with Gasteiger partial charge in [-0.05, 0) is 49.0 Å². The van der Waals surface area contributed by atoms with E-state index >= 15 is 0 Å². The zero-order valence-corrected chi connectivity index (χ0v) is 11.9. The highest BCUT2D eigenvalue weighted by Crippen LogP contribution is 2.32. The highest BCUT2D eigenvalue weighted by Gasteiger charge is 2.16.